The lowest BCUT2D eigenvalue weighted by Crippen LogP contribution is -2.34. The van der Waals surface area contributed by atoms with Gasteiger partial charge in [-0.2, -0.15) is 0 Å². The van der Waals surface area contributed by atoms with Crippen LogP contribution in [0, 0.1) is 19.3 Å². The fourth-order valence-corrected chi connectivity index (χ4v) is 4.89. The van der Waals surface area contributed by atoms with Crippen LogP contribution < -0.4 is 11.1 Å². The molecule has 1 aliphatic rings. The van der Waals surface area contributed by atoms with Gasteiger partial charge in [0.1, 0.15) is 11.6 Å². The van der Waals surface area contributed by atoms with Crippen molar-refractivity contribution < 1.29 is 0 Å². The molecule has 0 bridgehead atoms. The molecule has 3 heterocycles. The first-order valence-electron chi connectivity index (χ1n) is 12.1. The highest BCUT2D eigenvalue weighted by Crippen LogP contribution is 2.27. The van der Waals surface area contributed by atoms with Crippen LogP contribution in [0.25, 0.3) is 16.8 Å². The standard InChI is InChI=1S/C28H33N7S/c1-6-11-35(15-21-7-9-22(10-8-21)24-16-36-28(30)33-24)25-13-19(4)32-27(34-25)26(20(5)29)23-14-31-18(3)12-17(23)2/h7-10,12-14,16,29,34H,6,11,15H2,1-5H3,(H2,30,33)/b27-26+,29-20?. The van der Waals surface area contributed by atoms with Crippen LogP contribution in [0.5, 0.6) is 0 Å². The Labute approximate surface area is 217 Å². The average molecular weight is 500 g/mol. The Kier molecular flexibility index (Phi) is 7.64. The zero-order valence-corrected chi connectivity index (χ0v) is 22.3. The lowest BCUT2D eigenvalue weighted by atomic mass is 9.98. The summed E-state index contributed by atoms with van der Waals surface area (Å²) < 4.78 is 0. The van der Waals surface area contributed by atoms with Gasteiger partial charge in [0, 0.05) is 58.5 Å². The van der Waals surface area contributed by atoms with E-state index in [0.717, 1.165) is 64.7 Å². The highest BCUT2D eigenvalue weighted by molar-refractivity contribution is 7.13. The second-order valence-corrected chi connectivity index (χ2v) is 9.98. The molecule has 0 saturated heterocycles. The van der Waals surface area contributed by atoms with Crippen molar-refractivity contribution in [1.29, 1.82) is 5.41 Å². The quantitative estimate of drug-likeness (QED) is 0.333. The van der Waals surface area contributed by atoms with Gasteiger partial charge >= 0.3 is 0 Å². The number of pyridine rings is 1. The van der Waals surface area contributed by atoms with Crippen LogP contribution in [0.2, 0.25) is 0 Å². The zero-order chi connectivity index (χ0) is 25.8. The summed E-state index contributed by atoms with van der Waals surface area (Å²) in [7, 11) is 0. The van der Waals surface area contributed by atoms with E-state index in [4.69, 9.17) is 16.1 Å². The maximum atomic E-state index is 8.53. The van der Waals surface area contributed by atoms with Gasteiger partial charge in [-0.1, -0.05) is 31.2 Å². The Balaban J connectivity index is 1.63. The van der Waals surface area contributed by atoms with E-state index in [9.17, 15) is 0 Å². The molecule has 0 radical (unpaired) electrons. The second-order valence-electron chi connectivity index (χ2n) is 9.09. The fourth-order valence-electron chi connectivity index (χ4n) is 4.32. The van der Waals surface area contributed by atoms with E-state index in [1.54, 1.807) is 6.92 Å². The molecule has 4 N–H and O–H groups in total. The van der Waals surface area contributed by atoms with Crippen molar-refractivity contribution >= 4 is 33.5 Å². The van der Waals surface area contributed by atoms with Crippen LogP contribution in [0.3, 0.4) is 0 Å². The third-order valence-corrected chi connectivity index (χ3v) is 6.66. The molecule has 7 nitrogen and oxygen atoms in total. The molecule has 0 atom stereocenters. The van der Waals surface area contributed by atoms with E-state index in [1.807, 2.05) is 31.5 Å². The molecule has 0 amide bonds. The summed E-state index contributed by atoms with van der Waals surface area (Å²) in [6, 6.07) is 10.5. The minimum Gasteiger partial charge on any atom is -0.375 e. The Morgan fingerprint density at radius 2 is 1.92 bits per heavy atom. The van der Waals surface area contributed by atoms with Gasteiger partial charge in [-0.25, -0.2) is 9.98 Å². The van der Waals surface area contributed by atoms with Gasteiger partial charge < -0.3 is 21.4 Å². The van der Waals surface area contributed by atoms with Gasteiger partial charge in [-0.05, 0) is 57.4 Å². The van der Waals surface area contributed by atoms with Gasteiger partial charge in [0.2, 0.25) is 0 Å². The Morgan fingerprint density at radius 1 is 1.17 bits per heavy atom. The number of nitrogens with two attached hydrogens (primary N) is 1. The minimum atomic E-state index is 0.448. The van der Waals surface area contributed by atoms with E-state index in [-0.39, 0.29) is 0 Å². The molecule has 1 aliphatic heterocycles. The van der Waals surface area contributed by atoms with Gasteiger partial charge in [0.25, 0.3) is 0 Å². The highest BCUT2D eigenvalue weighted by Gasteiger charge is 2.21. The van der Waals surface area contributed by atoms with E-state index >= 15 is 0 Å². The number of aryl methyl sites for hydroxylation is 2. The first-order chi connectivity index (χ1) is 17.2. The molecule has 1 aromatic carbocycles. The third-order valence-electron chi connectivity index (χ3n) is 5.99. The number of nitrogen functional groups attached to an aromatic ring is 1. The summed E-state index contributed by atoms with van der Waals surface area (Å²) in [5, 5.41) is 14.6. The molecule has 0 unspecified atom stereocenters. The predicted octanol–water partition coefficient (Wildman–Crippen LogP) is 5.93. The zero-order valence-electron chi connectivity index (χ0n) is 21.5. The molecule has 0 saturated carbocycles. The van der Waals surface area contributed by atoms with Crippen LogP contribution in [-0.2, 0) is 6.54 Å². The normalized spacial score (nSPS) is 14.6. The number of thiazole rings is 1. The summed E-state index contributed by atoms with van der Waals surface area (Å²) in [4.78, 5) is 16.0. The first-order valence-corrected chi connectivity index (χ1v) is 13.0. The van der Waals surface area contributed by atoms with Crippen LogP contribution >= 0.6 is 11.3 Å². The van der Waals surface area contributed by atoms with Crippen molar-refractivity contribution in [2.24, 2.45) is 4.99 Å². The first kappa shape index (κ1) is 25.3. The van der Waals surface area contributed by atoms with Crippen molar-refractivity contribution in [2.75, 3.05) is 12.3 Å². The molecule has 2 aromatic heterocycles. The van der Waals surface area contributed by atoms with Crippen LogP contribution in [0.1, 0.15) is 49.6 Å². The number of nitrogens with one attached hydrogen (secondary N) is 2. The SMILES string of the molecule is CCCN(Cc1ccc(-c2csc(N)n2)cc1)C1=CC(C)=N/C(=C(/C(C)=N)c2cnc(C)cc2C)N1. The van der Waals surface area contributed by atoms with Crippen molar-refractivity contribution in [1.82, 2.24) is 20.2 Å². The van der Waals surface area contributed by atoms with E-state index in [0.29, 0.717) is 16.7 Å². The number of hydrogen-bond donors (Lipinski definition) is 3. The minimum absolute atomic E-state index is 0.448. The number of rotatable bonds is 8. The summed E-state index contributed by atoms with van der Waals surface area (Å²) in [5.74, 6) is 1.66. The smallest absolute Gasteiger partial charge is 0.180 e. The average Bonchev–Trinajstić information content (AvgIpc) is 3.26. The monoisotopic (exact) mass is 499 g/mol. The maximum Gasteiger partial charge on any atom is 0.180 e. The largest absolute Gasteiger partial charge is 0.375 e. The van der Waals surface area contributed by atoms with Crippen LogP contribution in [-0.4, -0.2) is 32.8 Å². The van der Waals surface area contributed by atoms with E-state index in [2.05, 4.69) is 64.4 Å². The maximum absolute atomic E-state index is 8.53. The van der Waals surface area contributed by atoms with Crippen molar-refractivity contribution in [3.63, 3.8) is 0 Å². The lowest BCUT2D eigenvalue weighted by Gasteiger charge is -2.31. The molecule has 36 heavy (non-hydrogen) atoms. The molecule has 0 fully saturated rings. The van der Waals surface area contributed by atoms with Gasteiger partial charge in [-0.3, -0.25) is 4.98 Å². The number of aromatic nitrogens is 2. The molecule has 4 rings (SSSR count). The second kappa shape index (κ2) is 10.9. The Morgan fingerprint density at radius 3 is 2.53 bits per heavy atom. The molecule has 0 aliphatic carbocycles. The van der Waals surface area contributed by atoms with Crippen molar-refractivity contribution in [2.45, 2.75) is 47.6 Å². The number of nitrogens with zero attached hydrogens (tertiary/aromatic N) is 4. The van der Waals surface area contributed by atoms with Gasteiger partial charge in [-0.15, -0.1) is 11.3 Å². The topological polar surface area (TPSA) is 103 Å². The van der Waals surface area contributed by atoms with Crippen molar-refractivity contribution in [3.05, 3.63) is 82.0 Å². The molecule has 3 aromatic rings. The van der Waals surface area contributed by atoms with Crippen LogP contribution in [0.15, 0.2) is 64.6 Å². The molecule has 0 spiro atoms. The molecule has 186 valence electrons. The number of aliphatic imine (C=N–C) groups is 1. The Hall–Kier alpha value is -3.78. The number of hydrogen-bond acceptors (Lipinski definition) is 8. The highest BCUT2D eigenvalue weighted by atomic mass is 32.1. The van der Waals surface area contributed by atoms with Gasteiger partial charge in [0.15, 0.2) is 5.13 Å². The molecular formula is C28H33N7S. The summed E-state index contributed by atoms with van der Waals surface area (Å²) in [6.07, 6.45) is 4.92. The molecular weight excluding hydrogens is 466 g/mol. The van der Waals surface area contributed by atoms with E-state index in [1.165, 1.54) is 16.9 Å². The number of benzene rings is 1. The third kappa shape index (κ3) is 5.71. The van der Waals surface area contributed by atoms with E-state index < -0.39 is 0 Å². The summed E-state index contributed by atoms with van der Waals surface area (Å²) in [5.41, 5.74) is 14.0. The molecule has 8 heteroatoms. The van der Waals surface area contributed by atoms with Crippen molar-refractivity contribution in [3.8, 4) is 11.3 Å². The van der Waals surface area contributed by atoms with Gasteiger partial charge in [0.05, 0.1) is 5.69 Å². The lowest BCUT2D eigenvalue weighted by molar-refractivity contribution is 0.318. The van der Waals surface area contributed by atoms with Crippen LogP contribution in [0.4, 0.5) is 5.13 Å². The predicted molar refractivity (Wildman–Crippen MR) is 151 cm³/mol. The Bertz CT molecular complexity index is 1360. The fraction of sp³-hybridized carbons (Fsp3) is 0.286. The summed E-state index contributed by atoms with van der Waals surface area (Å²) >= 11 is 1.45. The number of anilines is 1. The number of allylic oxidation sites excluding steroid dienone is 2. The summed E-state index contributed by atoms with van der Waals surface area (Å²) in [6.45, 7) is 11.6.